The second-order valence-corrected chi connectivity index (χ2v) is 5.30. The Balaban J connectivity index is 1.79. The van der Waals surface area contributed by atoms with E-state index in [0.717, 1.165) is 22.3 Å². The van der Waals surface area contributed by atoms with E-state index in [1.807, 2.05) is 37.3 Å². The summed E-state index contributed by atoms with van der Waals surface area (Å²) in [5, 5.41) is 2.91. The number of hydrogen-bond donors (Lipinski definition) is 1. The molecule has 1 N–H and O–H groups in total. The van der Waals surface area contributed by atoms with Crippen LogP contribution in [0.3, 0.4) is 0 Å². The summed E-state index contributed by atoms with van der Waals surface area (Å²) in [6.07, 6.45) is 0.712. The Hall–Kier alpha value is -2.42. The first-order valence-electron chi connectivity index (χ1n) is 6.96. The maximum absolute atomic E-state index is 13.4. The summed E-state index contributed by atoms with van der Waals surface area (Å²) < 4.78 is 13.4. The molecule has 0 radical (unpaired) electrons. The molecule has 1 aliphatic rings. The molecule has 2 aromatic rings. The van der Waals surface area contributed by atoms with Crippen LogP contribution in [0.25, 0.3) is 5.57 Å². The topological polar surface area (TPSA) is 29.1 Å². The van der Waals surface area contributed by atoms with Crippen molar-refractivity contribution in [2.75, 3.05) is 0 Å². The van der Waals surface area contributed by atoms with Crippen LogP contribution in [0.4, 0.5) is 4.39 Å². The minimum absolute atomic E-state index is 0.138. The van der Waals surface area contributed by atoms with E-state index in [9.17, 15) is 9.18 Å². The summed E-state index contributed by atoms with van der Waals surface area (Å²) in [6.45, 7) is 2.40. The highest BCUT2D eigenvalue weighted by Crippen LogP contribution is 2.33. The SMILES string of the molecule is CC1=C(C(=O)NCc2ccccc2)c2cc(F)ccc2C1. The summed E-state index contributed by atoms with van der Waals surface area (Å²) >= 11 is 0. The predicted molar refractivity (Wildman–Crippen MR) is 81.0 cm³/mol. The van der Waals surface area contributed by atoms with Gasteiger partial charge in [-0.05, 0) is 42.2 Å². The van der Waals surface area contributed by atoms with Crippen LogP contribution in [0.1, 0.15) is 23.6 Å². The number of fused-ring (bicyclic) bond motifs is 1. The van der Waals surface area contributed by atoms with Crippen LogP contribution in [-0.4, -0.2) is 5.91 Å². The molecular formula is C18H16FNO. The third-order valence-electron chi connectivity index (χ3n) is 3.75. The number of halogens is 1. The number of allylic oxidation sites excluding steroid dienone is 1. The van der Waals surface area contributed by atoms with Gasteiger partial charge in [-0.1, -0.05) is 42.0 Å². The molecule has 2 nitrogen and oxygen atoms in total. The van der Waals surface area contributed by atoms with Crippen molar-refractivity contribution in [2.45, 2.75) is 19.9 Å². The van der Waals surface area contributed by atoms with Gasteiger partial charge in [0.2, 0.25) is 0 Å². The first-order valence-corrected chi connectivity index (χ1v) is 6.96. The number of rotatable bonds is 3. The standard InChI is InChI=1S/C18H16FNO/c1-12-9-14-7-8-15(19)10-16(14)17(12)18(21)20-11-13-5-3-2-4-6-13/h2-8,10H,9,11H2,1H3,(H,20,21). The van der Waals surface area contributed by atoms with Gasteiger partial charge in [-0.3, -0.25) is 4.79 Å². The first-order chi connectivity index (χ1) is 10.1. The van der Waals surface area contributed by atoms with Crippen molar-refractivity contribution in [3.63, 3.8) is 0 Å². The first kappa shape index (κ1) is 13.6. The number of amides is 1. The van der Waals surface area contributed by atoms with Gasteiger partial charge in [0.25, 0.3) is 5.91 Å². The monoisotopic (exact) mass is 281 g/mol. The van der Waals surface area contributed by atoms with Gasteiger partial charge < -0.3 is 5.32 Å². The minimum Gasteiger partial charge on any atom is -0.348 e. The van der Waals surface area contributed by atoms with Crippen LogP contribution in [0.5, 0.6) is 0 Å². The van der Waals surface area contributed by atoms with E-state index in [1.165, 1.54) is 12.1 Å². The van der Waals surface area contributed by atoms with Gasteiger partial charge in [0, 0.05) is 12.1 Å². The van der Waals surface area contributed by atoms with Gasteiger partial charge in [0.15, 0.2) is 0 Å². The molecule has 0 atom stereocenters. The highest BCUT2D eigenvalue weighted by molar-refractivity contribution is 6.21. The van der Waals surface area contributed by atoms with Gasteiger partial charge in [0.1, 0.15) is 5.82 Å². The van der Waals surface area contributed by atoms with Gasteiger partial charge in [-0.2, -0.15) is 0 Å². The van der Waals surface area contributed by atoms with Crippen molar-refractivity contribution in [3.05, 3.63) is 76.6 Å². The number of carbonyl (C=O) groups is 1. The van der Waals surface area contributed by atoms with Gasteiger partial charge >= 0.3 is 0 Å². The Morgan fingerprint density at radius 2 is 1.95 bits per heavy atom. The zero-order valence-corrected chi connectivity index (χ0v) is 11.8. The summed E-state index contributed by atoms with van der Waals surface area (Å²) in [5.41, 5.74) is 4.37. The molecule has 106 valence electrons. The molecule has 3 heteroatoms. The fourth-order valence-electron chi connectivity index (χ4n) is 2.72. The van der Waals surface area contributed by atoms with E-state index in [1.54, 1.807) is 6.07 Å². The van der Waals surface area contributed by atoms with Crippen LogP contribution in [0, 0.1) is 5.82 Å². The highest BCUT2D eigenvalue weighted by Gasteiger charge is 2.24. The Labute approximate surface area is 123 Å². The molecule has 21 heavy (non-hydrogen) atoms. The van der Waals surface area contributed by atoms with E-state index in [0.29, 0.717) is 18.5 Å². The number of hydrogen-bond acceptors (Lipinski definition) is 1. The fraction of sp³-hybridized carbons (Fsp3) is 0.167. The van der Waals surface area contributed by atoms with Crippen LogP contribution >= 0.6 is 0 Å². The smallest absolute Gasteiger partial charge is 0.252 e. The van der Waals surface area contributed by atoms with Crippen molar-refractivity contribution in [2.24, 2.45) is 0 Å². The molecule has 0 unspecified atom stereocenters. The van der Waals surface area contributed by atoms with E-state index in [4.69, 9.17) is 0 Å². The molecule has 0 fully saturated rings. The van der Waals surface area contributed by atoms with Crippen molar-refractivity contribution >= 4 is 11.5 Å². The lowest BCUT2D eigenvalue weighted by molar-refractivity contribution is -0.115. The van der Waals surface area contributed by atoms with E-state index >= 15 is 0 Å². The Morgan fingerprint density at radius 3 is 2.71 bits per heavy atom. The third-order valence-corrected chi connectivity index (χ3v) is 3.75. The lowest BCUT2D eigenvalue weighted by atomic mass is 10.0. The molecule has 0 aromatic heterocycles. The maximum atomic E-state index is 13.4. The molecule has 1 aliphatic carbocycles. The van der Waals surface area contributed by atoms with Crippen molar-refractivity contribution in [3.8, 4) is 0 Å². The van der Waals surface area contributed by atoms with Crippen LogP contribution in [-0.2, 0) is 17.8 Å². The molecule has 0 saturated carbocycles. The van der Waals surface area contributed by atoms with Crippen LogP contribution in [0.2, 0.25) is 0 Å². The molecule has 3 rings (SSSR count). The summed E-state index contributed by atoms with van der Waals surface area (Å²) in [6, 6.07) is 14.4. The molecule has 1 amide bonds. The van der Waals surface area contributed by atoms with Gasteiger partial charge in [0.05, 0.1) is 0 Å². The van der Waals surface area contributed by atoms with Crippen molar-refractivity contribution in [1.82, 2.24) is 5.32 Å². The molecule has 2 aromatic carbocycles. The third kappa shape index (κ3) is 2.72. The van der Waals surface area contributed by atoms with Gasteiger partial charge in [-0.25, -0.2) is 4.39 Å². The average molecular weight is 281 g/mol. The van der Waals surface area contributed by atoms with Crippen LogP contribution in [0.15, 0.2) is 54.1 Å². The lowest BCUT2D eigenvalue weighted by Crippen LogP contribution is -2.23. The fourth-order valence-corrected chi connectivity index (χ4v) is 2.72. The highest BCUT2D eigenvalue weighted by atomic mass is 19.1. The molecule has 0 aliphatic heterocycles. The Kier molecular flexibility index (Phi) is 3.57. The lowest BCUT2D eigenvalue weighted by Gasteiger charge is -2.09. The Morgan fingerprint density at radius 1 is 1.19 bits per heavy atom. The van der Waals surface area contributed by atoms with E-state index < -0.39 is 0 Å². The molecule has 0 saturated heterocycles. The van der Waals surface area contributed by atoms with E-state index in [-0.39, 0.29) is 11.7 Å². The molecule has 0 spiro atoms. The average Bonchev–Trinajstić information content (AvgIpc) is 2.81. The van der Waals surface area contributed by atoms with Crippen molar-refractivity contribution < 1.29 is 9.18 Å². The maximum Gasteiger partial charge on any atom is 0.252 e. The molecule has 0 heterocycles. The largest absolute Gasteiger partial charge is 0.348 e. The summed E-state index contributed by atoms with van der Waals surface area (Å²) in [7, 11) is 0. The second kappa shape index (κ2) is 5.52. The second-order valence-electron chi connectivity index (χ2n) is 5.30. The zero-order chi connectivity index (χ0) is 14.8. The molecular weight excluding hydrogens is 265 g/mol. The van der Waals surface area contributed by atoms with E-state index in [2.05, 4.69) is 5.32 Å². The minimum atomic E-state index is -0.309. The normalized spacial score (nSPS) is 13.2. The summed E-state index contributed by atoms with van der Waals surface area (Å²) in [5.74, 6) is -0.447. The number of nitrogens with one attached hydrogen (secondary N) is 1. The zero-order valence-electron chi connectivity index (χ0n) is 11.8. The summed E-state index contributed by atoms with van der Waals surface area (Å²) in [4.78, 5) is 12.4. The van der Waals surface area contributed by atoms with Crippen molar-refractivity contribution in [1.29, 1.82) is 0 Å². The number of carbonyl (C=O) groups excluding carboxylic acids is 1. The predicted octanol–water partition coefficient (Wildman–Crippen LogP) is 3.47. The quantitative estimate of drug-likeness (QED) is 0.917. The van der Waals surface area contributed by atoms with Gasteiger partial charge in [-0.15, -0.1) is 0 Å². The number of benzene rings is 2. The van der Waals surface area contributed by atoms with Crippen LogP contribution < -0.4 is 5.32 Å². The Bertz CT molecular complexity index is 719. The molecule has 0 bridgehead atoms.